The summed E-state index contributed by atoms with van der Waals surface area (Å²) >= 11 is 0. The van der Waals surface area contributed by atoms with Gasteiger partial charge in [0.25, 0.3) is 0 Å². The SMILES string of the molecule is Cc1ncc(C(F)COc2cccc(C(F)(F)F)n2)c(C2CCNCC2)n1. The van der Waals surface area contributed by atoms with Crippen molar-refractivity contribution in [2.24, 2.45) is 0 Å². The van der Waals surface area contributed by atoms with Gasteiger partial charge in [0.05, 0.1) is 5.69 Å². The number of hydrogen-bond donors (Lipinski definition) is 1. The molecule has 1 unspecified atom stereocenters. The minimum Gasteiger partial charge on any atom is -0.474 e. The molecular weight excluding hydrogens is 364 g/mol. The van der Waals surface area contributed by atoms with Crippen molar-refractivity contribution in [2.75, 3.05) is 19.7 Å². The van der Waals surface area contributed by atoms with Crippen molar-refractivity contribution >= 4 is 0 Å². The van der Waals surface area contributed by atoms with Gasteiger partial charge in [0.2, 0.25) is 5.88 Å². The Morgan fingerprint density at radius 1 is 1.22 bits per heavy atom. The van der Waals surface area contributed by atoms with Crippen LogP contribution >= 0.6 is 0 Å². The van der Waals surface area contributed by atoms with Crippen LogP contribution in [-0.2, 0) is 6.18 Å². The van der Waals surface area contributed by atoms with Crippen molar-refractivity contribution < 1.29 is 22.3 Å². The second kappa shape index (κ2) is 8.16. The Morgan fingerprint density at radius 2 is 1.96 bits per heavy atom. The number of halogens is 4. The average molecular weight is 384 g/mol. The topological polar surface area (TPSA) is 59.9 Å². The van der Waals surface area contributed by atoms with Crippen molar-refractivity contribution in [3.05, 3.63) is 47.2 Å². The van der Waals surface area contributed by atoms with Gasteiger partial charge in [-0.15, -0.1) is 0 Å². The first-order valence-corrected chi connectivity index (χ1v) is 8.70. The Bertz CT molecular complexity index is 778. The number of aromatic nitrogens is 3. The first kappa shape index (κ1) is 19.5. The predicted octanol–water partition coefficient (Wildman–Crippen LogP) is 3.76. The van der Waals surface area contributed by atoms with Crippen LogP contribution in [0.15, 0.2) is 24.4 Å². The maximum absolute atomic E-state index is 14.8. The molecule has 0 spiro atoms. The number of nitrogens with zero attached hydrogens (tertiary/aromatic N) is 3. The van der Waals surface area contributed by atoms with Crippen molar-refractivity contribution in [1.29, 1.82) is 0 Å². The minimum atomic E-state index is -4.58. The molecule has 1 aliphatic heterocycles. The lowest BCUT2D eigenvalue weighted by atomic mass is 9.90. The molecule has 27 heavy (non-hydrogen) atoms. The normalized spacial score (nSPS) is 16.9. The monoisotopic (exact) mass is 384 g/mol. The number of pyridine rings is 1. The van der Waals surface area contributed by atoms with Crippen LogP contribution in [0.3, 0.4) is 0 Å². The molecule has 0 bridgehead atoms. The second-order valence-corrected chi connectivity index (χ2v) is 6.42. The van der Waals surface area contributed by atoms with Crippen molar-refractivity contribution in [3.63, 3.8) is 0 Å². The summed E-state index contributed by atoms with van der Waals surface area (Å²) in [6.45, 7) is 2.94. The lowest BCUT2D eigenvalue weighted by molar-refractivity contribution is -0.141. The summed E-state index contributed by atoms with van der Waals surface area (Å²) in [7, 11) is 0. The molecule has 0 saturated carbocycles. The molecule has 3 rings (SSSR count). The molecule has 1 atom stereocenters. The Balaban J connectivity index is 1.74. The molecule has 3 heterocycles. The molecule has 5 nitrogen and oxygen atoms in total. The molecule has 1 aliphatic rings. The number of aryl methyl sites for hydroxylation is 1. The Labute approximate surface area is 154 Å². The molecule has 1 saturated heterocycles. The summed E-state index contributed by atoms with van der Waals surface area (Å²) in [5, 5.41) is 3.25. The van der Waals surface area contributed by atoms with Gasteiger partial charge in [-0.05, 0) is 38.9 Å². The summed E-state index contributed by atoms with van der Waals surface area (Å²) in [6, 6.07) is 3.28. The van der Waals surface area contributed by atoms with Gasteiger partial charge in [-0.25, -0.2) is 19.3 Å². The maximum Gasteiger partial charge on any atom is 0.433 e. The van der Waals surface area contributed by atoms with Crippen LogP contribution in [0.1, 0.15) is 47.7 Å². The second-order valence-electron chi connectivity index (χ2n) is 6.42. The van der Waals surface area contributed by atoms with E-state index in [0.29, 0.717) is 17.1 Å². The molecule has 0 aromatic carbocycles. The molecule has 146 valence electrons. The van der Waals surface area contributed by atoms with E-state index in [0.717, 1.165) is 32.0 Å². The number of rotatable bonds is 5. The fraction of sp³-hybridized carbons (Fsp3) is 0.500. The van der Waals surface area contributed by atoms with Crippen LogP contribution < -0.4 is 10.1 Å². The zero-order valence-electron chi connectivity index (χ0n) is 14.8. The van der Waals surface area contributed by atoms with Crippen molar-refractivity contribution in [2.45, 2.75) is 38.0 Å². The van der Waals surface area contributed by atoms with Gasteiger partial charge >= 0.3 is 6.18 Å². The summed E-state index contributed by atoms with van der Waals surface area (Å²) in [5.74, 6) is 0.400. The van der Waals surface area contributed by atoms with E-state index in [2.05, 4.69) is 20.3 Å². The van der Waals surface area contributed by atoms with Crippen LogP contribution in [-0.4, -0.2) is 34.6 Å². The molecule has 1 N–H and O–H groups in total. The zero-order chi connectivity index (χ0) is 19.4. The lowest BCUT2D eigenvalue weighted by Gasteiger charge is -2.25. The van der Waals surface area contributed by atoms with E-state index in [1.54, 1.807) is 6.92 Å². The first-order chi connectivity index (χ1) is 12.8. The first-order valence-electron chi connectivity index (χ1n) is 8.70. The number of alkyl halides is 4. The highest BCUT2D eigenvalue weighted by molar-refractivity contribution is 5.25. The molecule has 2 aromatic rings. The molecule has 1 fully saturated rings. The highest BCUT2D eigenvalue weighted by atomic mass is 19.4. The average Bonchev–Trinajstić information content (AvgIpc) is 2.66. The van der Waals surface area contributed by atoms with E-state index in [4.69, 9.17) is 4.74 Å². The van der Waals surface area contributed by atoms with Gasteiger partial charge in [0.1, 0.15) is 18.1 Å². The van der Waals surface area contributed by atoms with E-state index < -0.39 is 24.6 Å². The summed E-state index contributed by atoms with van der Waals surface area (Å²) in [6.07, 6.45) is -3.03. The Morgan fingerprint density at radius 3 is 2.67 bits per heavy atom. The van der Waals surface area contributed by atoms with Crippen LogP contribution in [0.5, 0.6) is 5.88 Å². The standard InChI is InChI=1S/C18H20F4N4O/c1-11-24-9-13(17(25-11)12-5-7-23-8-6-12)14(19)10-27-16-4-2-3-15(26-16)18(20,21)22/h2-4,9,12,14,23H,5-8,10H2,1H3. The van der Waals surface area contributed by atoms with Gasteiger partial charge in [0, 0.05) is 23.7 Å². The van der Waals surface area contributed by atoms with Gasteiger partial charge in [-0.1, -0.05) is 6.07 Å². The zero-order valence-corrected chi connectivity index (χ0v) is 14.8. The molecule has 0 aliphatic carbocycles. The van der Waals surface area contributed by atoms with E-state index in [1.165, 1.54) is 18.3 Å². The van der Waals surface area contributed by atoms with Crippen molar-refractivity contribution in [1.82, 2.24) is 20.3 Å². The fourth-order valence-electron chi connectivity index (χ4n) is 3.06. The summed E-state index contributed by atoms with van der Waals surface area (Å²) < 4.78 is 58.2. The molecular formula is C18H20F4N4O. The Hall–Kier alpha value is -2.29. The van der Waals surface area contributed by atoms with Gasteiger partial charge in [0.15, 0.2) is 6.17 Å². The van der Waals surface area contributed by atoms with E-state index in [-0.39, 0.29) is 11.8 Å². The minimum absolute atomic E-state index is 0.118. The van der Waals surface area contributed by atoms with Gasteiger partial charge in [-0.2, -0.15) is 13.2 Å². The predicted molar refractivity (Wildman–Crippen MR) is 90.2 cm³/mol. The lowest BCUT2D eigenvalue weighted by Crippen LogP contribution is -2.28. The van der Waals surface area contributed by atoms with Gasteiger partial charge in [-0.3, -0.25) is 0 Å². The smallest absolute Gasteiger partial charge is 0.433 e. The van der Waals surface area contributed by atoms with Crippen LogP contribution in [0.4, 0.5) is 17.6 Å². The fourth-order valence-corrected chi connectivity index (χ4v) is 3.06. The number of piperidine rings is 1. The van der Waals surface area contributed by atoms with Crippen LogP contribution in [0, 0.1) is 6.92 Å². The van der Waals surface area contributed by atoms with Gasteiger partial charge < -0.3 is 10.1 Å². The molecule has 0 radical (unpaired) electrons. The molecule has 9 heteroatoms. The quantitative estimate of drug-likeness (QED) is 0.796. The van der Waals surface area contributed by atoms with Crippen LogP contribution in [0.2, 0.25) is 0 Å². The van der Waals surface area contributed by atoms with E-state index in [9.17, 15) is 17.6 Å². The highest BCUT2D eigenvalue weighted by Gasteiger charge is 2.33. The van der Waals surface area contributed by atoms with Crippen LogP contribution in [0.25, 0.3) is 0 Å². The third-order valence-electron chi connectivity index (χ3n) is 4.42. The van der Waals surface area contributed by atoms with Crippen molar-refractivity contribution in [3.8, 4) is 5.88 Å². The largest absolute Gasteiger partial charge is 0.474 e. The highest BCUT2D eigenvalue weighted by Crippen LogP contribution is 2.32. The third kappa shape index (κ3) is 4.91. The summed E-state index contributed by atoms with van der Waals surface area (Å²) in [5.41, 5.74) is -0.110. The van der Waals surface area contributed by atoms with E-state index >= 15 is 0 Å². The summed E-state index contributed by atoms with van der Waals surface area (Å²) in [4.78, 5) is 11.9. The number of ether oxygens (including phenoxy) is 1. The molecule has 2 aromatic heterocycles. The van der Waals surface area contributed by atoms with E-state index in [1.807, 2.05) is 0 Å². The third-order valence-corrected chi connectivity index (χ3v) is 4.42. The molecule has 0 amide bonds. The number of nitrogens with one attached hydrogen (secondary N) is 1. The Kier molecular flexibility index (Phi) is 5.88. The number of hydrogen-bond acceptors (Lipinski definition) is 5. The maximum atomic E-state index is 14.8.